The van der Waals surface area contributed by atoms with Crippen LogP contribution in [0.15, 0.2) is 47.6 Å². The highest BCUT2D eigenvalue weighted by Gasteiger charge is 2.33. The van der Waals surface area contributed by atoms with E-state index in [-0.39, 0.29) is 16.7 Å². The van der Waals surface area contributed by atoms with Gasteiger partial charge < -0.3 is 4.90 Å². The fourth-order valence-corrected chi connectivity index (χ4v) is 5.12. The number of carbonyl (C=O) groups excluding carboxylic acids is 1. The van der Waals surface area contributed by atoms with Crippen LogP contribution >= 0.6 is 23.2 Å². The summed E-state index contributed by atoms with van der Waals surface area (Å²) in [4.78, 5) is 18.5. The summed E-state index contributed by atoms with van der Waals surface area (Å²) in [6, 6.07) is 8.46. The Kier molecular flexibility index (Phi) is 6.60. The van der Waals surface area contributed by atoms with Gasteiger partial charge >= 0.3 is 0 Å². The molecule has 2 aromatic rings. The van der Waals surface area contributed by atoms with E-state index in [1.807, 2.05) is 6.07 Å². The fourth-order valence-electron chi connectivity index (χ4n) is 3.31. The number of carbonyl (C=O) groups is 1. The molecule has 0 bridgehead atoms. The van der Waals surface area contributed by atoms with Crippen molar-refractivity contribution in [3.8, 4) is 0 Å². The van der Waals surface area contributed by atoms with Crippen molar-refractivity contribution in [3.05, 3.63) is 58.3 Å². The Hall–Kier alpha value is -1.67. The van der Waals surface area contributed by atoms with Gasteiger partial charge in [-0.1, -0.05) is 35.3 Å². The first-order chi connectivity index (χ1) is 13.3. The number of benzene rings is 1. The molecule has 0 unspecified atom stereocenters. The van der Waals surface area contributed by atoms with Gasteiger partial charge in [0.1, 0.15) is 4.90 Å². The van der Waals surface area contributed by atoms with Crippen molar-refractivity contribution < 1.29 is 13.2 Å². The molecule has 9 heteroatoms. The zero-order chi connectivity index (χ0) is 20.3. The maximum Gasteiger partial charge on any atom is 0.244 e. The molecule has 1 aromatic heterocycles. The van der Waals surface area contributed by atoms with Gasteiger partial charge in [0, 0.05) is 45.0 Å². The molecule has 6 nitrogen and oxygen atoms in total. The highest BCUT2D eigenvalue weighted by molar-refractivity contribution is 7.89. The maximum absolute atomic E-state index is 12.8. The lowest BCUT2D eigenvalue weighted by atomic mass is 9.96. The van der Waals surface area contributed by atoms with E-state index in [0.29, 0.717) is 42.5 Å². The first kappa shape index (κ1) is 21.0. The van der Waals surface area contributed by atoms with Gasteiger partial charge in [-0.05, 0) is 36.6 Å². The van der Waals surface area contributed by atoms with Gasteiger partial charge in [0.05, 0.1) is 10.0 Å². The largest absolute Gasteiger partial charge is 0.341 e. The minimum absolute atomic E-state index is 0.0190. The Bertz CT molecular complexity index is 946. The van der Waals surface area contributed by atoms with Crippen LogP contribution < -0.4 is 0 Å². The van der Waals surface area contributed by atoms with Crippen LogP contribution in [0.25, 0.3) is 0 Å². The van der Waals surface area contributed by atoms with Gasteiger partial charge in [-0.3, -0.25) is 9.78 Å². The normalized spacial score (nSPS) is 16.1. The third-order valence-electron chi connectivity index (χ3n) is 4.89. The molecule has 0 saturated carbocycles. The predicted octanol–water partition coefficient (Wildman–Crippen LogP) is 3.45. The molecule has 0 N–H and O–H groups in total. The molecule has 1 saturated heterocycles. The van der Waals surface area contributed by atoms with E-state index in [1.54, 1.807) is 30.1 Å². The van der Waals surface area contributed by atoms with Crippen LogP contribution in [0.4, 0.5) is 0 Å². The Morgan fingerprint density at radius 2 is 1.93 bits per heavy atom. The summed E-state index contributed by atoms with van der Waals surface area (Å²) in [5.41, 5.74) is 0.779. The van der Waals surface area contributed by atoms with Crippen LogP contribution in [0.1, 0.15) is 18.4 Å². The van der Waals surface area contributed by atoms with Gasteiger partial charge in [0.15, 0.2) is 0 Å². The Labute approximate surface area is 175 Å². The third-order valence-corrected chi connectivity index (χ3v) is 7.63. The van der Waals surface area contributed by atoms with Gasteiger partial charge in [-0.2, -0.15) is 4.31 Å². The van der Waals surface area contributed by atoms with Crippen molar-refractivity contribution in [2.75, 3.05) is 20.1 Å². The lowest BCUT2D eigenvalue weighted by Crippen LogP contribution is -2.43. The van der Waals surface area contributed by atoms with Crippen LogP contribution in [0.5, 0.6) is 0 Å². The number of nitrogens with zero attached hydrogens (tertiary/aromatic N) is 3. The molecule has 0 spiro atoms. The summed E-state index contributed by atoms with van der Waals surface area (Å²) in [6.45, 7) is 0.964. The maximum atomic E-state index is 12.8. The molecular formula is C19H21Cl2N3O3S. The lowest BCUT2D eigenvalue weighted by molar-refractivity contribution is -0.135. The molecule has 0 aliphatic carbocycles. The van der Waals surface area contributed by atoms with Crippen LogP contribution in [-0.2, 0) is 21.4 Å². The molecule has 150 valence electrons. The van der Waals surface area contributed by atoms with Crippen molar-refractivity contribution >= 4 is 39.1 Å². The molecule has 3 rings (SSSR count). The number of hydrogen-bond donors (Lipinski definition) is 0. The summed E-state index contributed by atoms with van der Waals surface area (Å²) >= 11 is 12.2. The minimum atomic E-state index is -3.58. The first-order valence-electron chi connectivity index (χ1n) is 8.88. The average Bonchev–Trinajstić information content (AvgIpc) is 2.71. The van der Waals surface area contributed by atoms with E-state index in [0.717, 1.165) is 5.56 Å². The van der Waals surface area contributed by atoms with E-state index in [4.69, 9.17) is 23.2 Å². The Morgan fingerprint density at radius 3 is 2.57 bits per heavy atom. The number of pyridine rings is 1. The van der Waals surface area contributed by atoms with E-state index < -0.39 is 10.0 Å². The quantitative estimate of drug-likeness (QED) is 0.712. The fraction of sp³-hybridized carbons (Fsp3) is 0.368. The summed E-state index contributed by atoms with van der Waals surface area (Å²) in [5, 5.41) is 0.898. The number of aromatic nitrogens is 1. The van der Waals surface area contributed by atoms with Gasteiger partial charge in [-0.15, -0.1) is 0 Å². The second kappa shape index (κ2) is 8.78. The summed E-state index contributed by atoms with van der Waals surface area (Å²) in [5.74, 6) is -0.238. The Balaban J connectivity index is 1.61. The first-order valence-corrected chi connectivity index (χ1v) is 11.1. The van der Waals surface area contributed by atoms with E-state index in [9.17, 15) is 13.2 Å². The van der Waals surface area contributed by atoms with Crippen molar-refractivity contribution in [2.24, 2.45) is 5.92 Å². The van der Waals surface area contributed by atoms with Gasteiger partial charge in [-0.25, -0.2) is 8.42 Å². The van der Waals surface area contributed by atoms with Gasteiger partial charge in [0.25, 0.3) is 0 Å². The monoisotopic (exact) mass is 441 g/mol. The predicted molar refractivity (Wildman–Crippen MR) is 109 cm³/mol. The average molecular weight is 442 g/mol. The standard InChI is InChI=1S/C19H21Cl2N3O3S/c1-23(13-15-4-2-6-17(20)18(15)21)19(25)14-7-10-24(11-8-14)28(26,27)16-5-3-9-22-12-16/h2-6,9,12,14H,7-8,10-11,13H2,1H3. The zero-order valence-electron chi connectivity index (χ0n) is 15.4. The van der Waals surface area contributed by atoms with Crippen molar-refractivity contribution in [2.45, 2.75) is 24.3 Å². The third kappa shape index (κ3) is 4.49. The second-order valence-electron chi connectivity index (χ2n) is 6.77. The van der Waals surface area contributed by atoms with E-state index >= 15 is 0 Å². The minimum Gasteiger partial charge on any atom is -0.341 e. The SMILES string of the molecule is CN(Cc1cccc(Cl)c1Cl)C(=O)C1CCN(S(=O)(=O)c2cccnc2)CC1. The Morgan fingerprint density at radius 1 is 1.21 bits per heavy atom. The molecule has 0 atom stereocenters. The summed E-state index contributed by atoms with van der Waals surface area (Å²) < 4.78 is 26.8. The summed E-state index contributed by atoms with van der Waals surface area (Å²) in [6.07, 6.45) is 3.83. The molecule has 28 heavy (non-hydrogen) atoms. The molecule has 1 fully saturated rings. The number of sulfonamides is 1. The van der Waals surface area contributed by atoms with E-state index in [1.165, 1.54) is 22.8 Å². The topological polar surface area (TPSA) is 70.6 Å². The zero-order valence-corrected chi connectivity index (χ0v) is 17.7. The molecule has 2 heterocycles. The van der Waals surface area contributed by atoms with Crippen molar-refractivity contribution in [3.63, 3.8) is 0 Å². The molecule has 1 aliphatic rings. The highest BCUT2D eigenvalue weighted by Crippen LogP contribution is 2.28. The second-order valence-corrected chi connectivity index (χ2v) is 9.50. The van der Waals surface area contributed by atoms with Crippen LogP contribution in [0.2, 0.25) is 10.0 Å². The van der Waals surface area contributed by atoms with Crippen LogP contribution in [-0.4, -0.2) is 48.7 Å². The molecule has 0 radical (unpaired) electrons. The van der Waals surface area contributed by atoms with E-state index in [2.05, 4.69) is 4.98 Å². The molecule has 1 aromatic carbocycles. The van der Waals surface area contributed by atoms with Crippen molar-refractivity contribution in [1.29, 1.82) is 0 Å². The lowest BCUT2D eigenvalue weighted by Gasteiger charge is -2.32. The molecular weight excluding hydrogens is 421 g/mol. The van der Waals surface area contributed by atoms with Crippen LogP contribution in [0.3, 0.4) is 0 Å². The number of piperidine rings is 1. The molecule has 1 amide bonds. The van der Waals surface area contributed by atoms with Crippen molar-refractivity contribution in [1.82, 2.24) is 14.2 Å². The number of hydrogen-bond acceptors (Lipinski definition) is 4. The summed E-state index contributed by atoms with van der Waals surface area (Å²) in [7, 11) is -1.86. The highest BCUT2D eigenvalue weighted by atomic mass is 35.5. The molecule has 1 aliphatic heterocycles. The number of halogens is 2. The number of rotatable bonds is 5. The van der Waals surface area contributed by atoms with Gasteiger partial charge in [0.2, 0.25) is 15.9 Å². The smallest absolute Gasteiger partial charge is 0.244 e. The number of amides is 1. The van der Waals surface area contributed by atoms with Crippen LogP contribution in [0, 0.1) is 5.92 Å².